The van der Waals surface area contributed by atoms with Gasteiger partial charge < -0.3 is 16.0 Å². The van der Waals surface area contributed by atoms with E-state index >= 15 is 0 Å². The second-order valence-electron chi connectivity index (χ2n) is 6.48. The largest absolute Gasteiger partial charge is 0.370 e. The Hall–Kier alpha value is -0.0400. The summed E-state index contributed by atoms with van der Waals surface area (Å²) in [6.45, 7) is 5.64. The number of nitrogens with two attached hydrogens (primary N) is 1. The Morgan fingerprint density at radius 2 is 1.86 bits per heavy atom. The topological polar surface area (TPSA) is 53.6 Å². The van der Waals surface area contributed by atoms with Crippen LogP contribution in [0.25, 0.3) is 0 Å². The molecular weight excluding hydrogens is 375 g/mol. The first-order chi connectivity index (χ1) is 9.75. The smallest absolute Gasteiger partial charge is 0.188 e. The number of aliphatic imine (C=N–C) groups is 1. The van der Waals surface area contributed by atoms with E-state index in [9.17, 15) is 0 Å². The van der Waals surface area contributed by atoms with Crippen LogP contribution in [-0.4, -0.2) is 42.6 Å². The van der Waals surface area contributed by atoms with Gasteiger partial charge in [0.25, 0.3) is 0 Å². The molecule has 21 heavy (non-hydrogen) atoms. The van der Waals surface area contributed by atoms with Crippen molar-refractivity contribution in [2.75, 3.05) is 19.6 Å². The van der Waals surface area contributed by atoms with Gasteiger partial charge in [0.05, 0.1) is 0 Å². The van der Waals surface area contributed by atoms with E-state index in [0.717, 1.165) is 19.0 Å². The summed E-state index contributed by atoms with van der Waals surface area (Å²) in [5.41, 5.74) is 5.98. The average Bonchev–Trinajstić information content (AvgIpc) is 2.46. The minimum Gasteiger partial charge on any atom is -0.370 e. The van der Waals surface area contributed by atoms with Crippen molar-refractivity contribution < 1.29 is 0 Å². The van der Waals surface area contributed by atoms with E-state index in [4.69, 9.17) is 5.73 Å². The quantitative estimate of drug-likeness (QED) is 0.318. The maximum Gasteiger partial charge on any atom is 0.188 e. The molecule has 1 aliphatic heterocycles. The summed E-state index contributed by atoms with van der Waals surface area (Å²) in [7, 11) is 0. The van der Waals surface area contributed by atoms with E-state index in [1.165, 1.54) is 64.5 Å². The molecule has 1 atom stereocenters. The molecule has 1 unspecified atom stereocenters. The highest BCUT2D eigenvalue weighted by atomic mass is 127. The monoisotopic (exact) mass is 408 g/mol. The molecule has 2 rings (SSSR count). The summed E-state index contributed by atoms with van der Waals surface area (Å²) in [6, 6.07) is 1.32. The second-order valence-corrected chi connectivity index (χ2v) is 6.48. The summed E-state index contributed by atoms with van der Waals surface area (Å²) in [5.74, 6) is 0.656. The first-order valence-electron chi connectivity index (χ1n) is 8.56. The third-order valence-electron chi connectivity index (χ3n) is 4.78. The van der Waals surface area contributed by atoms with Crippen LogP contribution >= 0.6 is 24.0 Å². The molecule has 0 amide bonds. The van der Waals surface area contributed by atoms with Gasteiger partial charge in [-0.15, -0.1) is 24.0 Å². The van der Waals surface area contributed by atoms with Crippen molar-refractivity contribution in [1.82, 2.24) is 10.2 Å². The number of guanidine groups is 1. The lowest BCUT2D eigenvalue weighted by Crippen LogP contribution is -2.41. The molecule has 0 spiro atoms. The van der Waals surface area contributed by atoms with Gasteiger partial charge >= 0.3 is 0 Å². The van der Waals surface area contributed by atoms with Crippen LogP contribution in [0.15, 0.2) is 4.99 Å². The lowest BCUT2D eigenvalue weighted by molar-refractivity contribution is 0.160. The lowest BCUT2D eigenvalue weighted by Gasteiger charge is -2.33. The van der Waals surface area contributed by atoms with Crippen LogP contribution < -0.4 is 11.1 Å². The van der Waals surface area contributed by atoms with E-state index in [2.05, 4.69) is 22.1 Å². The molecule has 124 valence electrons. The third kappa shape index (κ3) is 7.17. The van der Waals surface area contributed by atoms with Gasteiger partial charge in [0.2, 0.25) is 0 Å². The van der Waals surface area contributed by atoms with Crippen molar-refractivity contribution in [1.29, 1.82) is 0 Å². The number of rotatable bonds is 5. The van der Waals surface area contributed by atoms with Crippen molar-refractivity contribution in [2.45, 2.75) is 76.8 Å². The zero-order valence-electron chi connectivity index (χ0n) is 13.5. The molecule has 2 aliphatic rings. The molecule has 0 bridgehead atoms. The predicted molar refractivity (Wildman–Crippen MR) is 101 cm³/mol. The van der Waals surface area contributed by atoms with Crippen LogP contribution in [0.1, 0.15) is 64.7 Å². The van der Waals surface area contributed by atoms with E-state index in [-0.39, 0.29) is 24.0 Å². The van der Waals surface area contributed by atoms with E-state index in [0.29, 0.717) is 12.0 Å². The van der Waals surface area contributed by atoms with Crippen molar-refractivity contribution in [3.63, 3.8) is 0 Å². The molecule has 0 radical (unpaired) electrons. The van der Waals surface area contributed by atoms with Crippen LogP contribution in [0.3, 0.4) is 0 Å². The standard InChI is InChI=1S/C16H32N4.HI/c1-14-8-5-6-12-20(14)13-7-11-18-16(17)19-15-9-3-2-4-10-15;/h14-15H,2-13H2,1H3,(H3,17,18,19);1H. The van der Waals surface area contributed by atoms with Crippen LogP contribution in [0, 0.1) is 0 Å². The van der Waals surface area contributed by atoms with Crippen molar-refractivity contribution in [2.24, 2.45) is 10.7 Å². The highest BCUT2D eigenvalue weighted by molar-refractivity contribution is 14.0. The number of nitrogens with one attached hydrogen (secondary N) is 1. The SMILES string of the molecule is CC1CCCCN1CCCN=C(N)NC1CCCCC1.I. The van der Waals surface area contributed by atoms with E-state index in [1.807, 2.05) is 0 Å². The van der Waals surface area contributed by atoms with Gasteiger partial charge in [-0.05, 0) is 45.6 Å². The van der Waals surface area contributed by atoms with Gasteiger partial charge in [-0.3, -0.25) is 4.99 Å². The van der Waals surface area contributed by atoms with Gasteiger partial charge in [-0.1, -0.05) is 25.7 Å². The van der Waals surface area contributed by atoms with Gasteiger partial charge in [0, 0.05) is 25.2 Å². The summed E-state index contributed by atoms with van der Waals surface area (Å²) >= 11 is 0. The van der Waals surface area contributed by atoms with E-state index in [1.54, 1.807) is 0 Å². The van der Waals surface area contributed by atoms with Crippen LogP contribution in [0.4, 0.5) is 0 Å². The number of nitrogens with zero attached hydrogens (tertiary/aromatic N) is 2. The molecule has 1 aliphatic carbocycles. The van der Waals surface area contributed by atoms with Gasteiger partial charge in [-0.2, -0.15) is 0 Å². The van der Waals surface area contributed by atoms with Crippen molar-refractivity contribution in [3.8, 4) is 0 Å². The Morgan fingerprint density at radius 1 is 1.14 bits per heavy atom. The van der Waals surface area contributed by atoms with Gasteiger partial charge in [0.1, 0.15) is 0 Å². The molecule has 3 N–H and O–H groups in total. The molecule has 1 saturated carbocycles. The number of hydrogen-bond acceptors (Lipinski definition) is 2. The van der Waals surface area contributed by atoms with Crippen molar-refractivity contribution in [3.05, 3.63) is 0 Å². The highest BCUT2D eigenvalue weighted by Crippen LogP contribution is 2.17. The Balaban J connectivity index is 0.00000220. The number of piperidine rings is 1. The van der Waals surface area contributed by atoms with Gasteiger partial charge in [-0.25, -0.2) is 0 Å². The molecule has 2 fully saturated rings. The Labute approximate surface area is 147 Å². The average molecular weight is 408 g/mol. The normalized spacial score (nSPS) is 25.4. The lowest BCUT2D eigenvalue weighted by atomic mass is 9.96. The molecule has 0 aromatic carbocycles. The van der Waals surface area contributed by atoms with Crippen LogP contribution in [0.2, 0.25) is 0 Å². The predicted octanol–water partition coefficient (Wildman–Crippen LogP) is 3.11. The summed E-state index contributed by atoms with van der Waals surface area (Å²) in [4.78, 5) is 7.09. The maximum absolute atomic E-state index is 5.98. The Kier molecular flexibility index (Phi) is 9.64. The first-order valence-corrected chi connectivity index (χ1v) is 8.56. The fourth-order valence-electron chi connectivity index (χ4n) is 3.46. The van der Waals surface area contributed by atoms with Crippen LogP contribution in [-0.2, 0) is 0 Å². The summed E-state index contributed by atoms with van der Waals surface area (Å²) in [5, 5.41) is 3.38. The minimum atomic E-state index is 0. The molecule has 1 heterocycles. The van der Waals surface area contributed by atoms with Gasteiger partial charge in [0.15, 0.2) is 5.96 Å². The minimum absolute atomic E-state index is 0. The third-order valence-corrected chi connectivity index (χ3v) is 4.78. The summed E-state index contributed by atoms with van der Waals surface area (Å²) in [6.07, 6.45) is 11.8. The maximum atomic E-state index is 5.98. The second kappa shape index (κ2) is 10.6. The molecular formula is C16H33IN4. The molecule has 0 aromatic heterocycles. The fraction of sp³-hybridized carbons (Fsp3) is 0.938. The van der Waals surface area contributed by atoms with E-state index < -0.39 is 0 Å². The van der Waals surface area contributed by atoms with Crippen molar-refractivity contribution >= 4 is 29.9 Å². The zero-order valence-corrected chi connectivity index (χ0v) is 15.9. The number of hydrogen-bond donors (Lipinski definition) is 2. The molecule has 1 saturated heterocycles. The fourth-order valence-corrected chi connectivity index (χ4v) is 3.46. The molecule has 0 aromatic rings. The Bertz CT molecular complexity index is 303. The number of likely N-dealkylation sites (tertiary alicyclic amines) is 1. The Morgan fingerprint density at radius 3 is 2.57 bits per heavy atom. The first kappa shape index (κ1) is 19.0. The zero-order chi connectivity index (χ0) is 14.2. The molecule has 5 heteroatoms. The highest BCUT2D eigenvalue weighted by Gasteiger charge is 2.17. The molecule has 4 nitrogen and oxygen atoms in total. The van der Waals surface area contributed by atoms with Crippen LogP contribution in [0.5, 0.6) is 0 Å². The summed E-state index contributed by atoms with van der Waals surface area (Å²) < 4.78 is 0. The number of halogens is 1.